The molecular formula is C12H17Cl2NOS. The molecular weight excluding hydrogens is 277 g/mol. The largest absolute Gasteiger partial charge is 0.396 e. The Morgan fingerprint density at radius 2 is 2.06 bits per heavy atom. The molecule has 2 N–H and O–H groups in total. The van der Waals surface area contributed by atoms with E-state index in [1.807, 2.05) is 23.9 Å². The van der Waals surface area contributed by atoms with Crippen LogP contribution in [0.2, 0.25) is 10.0 Å². The Morgan fingerprint density at radius 1 is 1.24 bits per heavy atom. The molecule has 0 atom stereocenters. The Balaban J connectivity index is 2.16. The zero-order valence-electron chi connectivity index (χ0n) is 9.59. The van der Waals surface area contributed by atoms with E-state index in [2.05, 4.69) is 5.32 Å². The lowest BCUT2D eigenvalue weighted by Crippen LogP contribution is -2.17. The molecule has 1 aromatic rings. The van der Waals surface area contributed by atoms with E-state index in [0.717, 1.165) is 36.6 Å². The highest BCUT2D eigenvalue weighted by atomic mass is 35.5. The van der Waals surface area contributed by atoms with Gasteiger partial charge in [0.25, 0.3) is 0 Å². The smallest absolute Gasteiger partial charge is 0.0637 e. The summed E-state index contributed by atoms with van der Waals surface area (Å²) in [5.41, 5.74) is 1.03. The van der Waals surface area contributed by atoms with Crippen molar-refractivity contribution < 1.29 is 5.11 Å². The molecule has 0 heterocycles. The molecule has 5 heteroatoms. The second-order valence-corrected chi connectivity index (χ2v) is 5.59. The highest BCUT2D eigenvalue weighted by Gasteiger charge is 2.02. The van der Waals surface area contributed by atoms with Crippen molar-refractivity contribution in [1.82, 2.24) is 5.32 Å². The fraction of sp³-hybridized carbons (Fsp3) is 0.500. The van der Waals surface area contributed by atoms with Gasteiger partial charge in [0.15, 0.2) is 0 Å². The van der Waals surface area contributed by atoms with E-state index in [-0.39, 0.29) is 6.61 Å². The first-order valence-corrected chi connectivity index (χ1v) is 7.49. The van der Waals surface area contributed by atoms with Gasteiger partial charge in [0.1, 0.15) is 0 Å². The lowest BCUT2D eigenvalue weighted by molar-refractivity contribution is 0.296. The topological polar surface area (TPSA) is 32.3 Å². The van der Waals surface area contributed by atoms with E-state index >= 15 is 0 Å². The van der Waals surface area contributed by atoms with Crippen molar-refractivity contribution in [1.29, 1.82) is 0 Å². The second kappa shape index (κ2) is 9.06. The molecule has 0 bridgehead atoms. The molecule has 17 heavy (non-hydrogen) atoms. The van der Waals surface area contributed by atoms with Gasteiger partial charge in [-0.25, -0.2) is 0 Å². The van der Waals surface area contributed by atoms with Gasteiger partial charge in [0.2, 0.25) is 0 Å². The van der Waals surface area contributed by atoms with Crippen LogP contribution >= 0.6 is 35.0 Å². The minimum absolute atomic E-state index is 0.276. The molecule has 0 fully saturated rings. The Bertz CT molecular complexity index is 336. The third-order valence-corrected chi connectivity index (χ3v) is 4.15. The molecule has 1 aromatic carbocycles. The standard InChI is InChI=1S/C12H17Cl2NOS/c13-11-4-1-3-10(12(11)14)9-15-5-8-17-7-2-6-16/h1,3-4,15-16H,2,5-9H2. The van der Waals surface area contributed by atoms with Gasteiger partial charge in [0.05, 0.1) is 10.0 Å². The average molecular weight is 294 g/mol. The Hall–Kier alpha value is 0.0700. The van der Waals surface area contributed by atoms with Crippen molar-refractivity contribution in [2.24, 2.45) is 0 Å². The summed E-state index contributed by atoms with van der Waals surface area (Å²) in [4.78, 5) is 0. The van der Waals surface area contributed by atoms with Crippen LogP contribution in [0, 0.1) is 0 Å². The number of thioether (sulfide) groups is 1. The molecule has 0 aliphatic heterocycles. The summed E-state index contributed by atoms with van der Waals surface area (Å²) >= 11 is 13.8. The lowest BCUT2D eigenvalue weighted by Gasteiger charge is -2.07. The summed E-state index contributed by atoms with van der Waals surface area (Å²) in [6, 6.07) is 5.67. The third-order valence-electron chi connectivity index (χ3n) is 2.22. The first kappa shape index (κ1) is 15.1. The predicted molar refractivity (Wildman–Crippen MR) is 77.2 cm³/mol. The molecule has 96 valence electrons. The second-order valence-electron chi connectivity index (χ2n) is 3.58. The third kappa shape index (κ3) is 5.98. The number of nitrogens with one attached hydrogen (secondary N) is 1. The van der Waals surface area contributed by atoms with Crippen LogP contribution in [0.4, 0.5) is 0 Å². The van der Waals surface area contributed by atoms with Crippen molar-refractivity contribution in [2.45, 2.75) is 13.0 Å². The van der Waals surface area contributed by atoms with Crippen molar-refractivity contribution in [3.8, 4) is 0 Å². The van der Waals surface area contributed by atoms with E-state index in [0.29, 0.717) is 10.0 Å². The molecule has 1 rings (SSSR count). The number of hydrogen-bond donors (Lipinski definition) is 2. The van der Waals surface area contributed by atoms with Gasteiger partial charge in [-0.3, -0.25) is 0 Å². The summed E-state index contributed by atoms with van der Waals surface area (Å²) < 4.78 is 0. The van der Waals surface area contributed by atoms with Crippen LogP contribution in [-0.4, -0.2) is 29.8 Å². The van der Waals surface area contributed by atoms with Crippen LogP contribution < -0.4 is 5.32 Å². The highest BCUT2D eigenvalue weighted by Crippen LogP contribution is 2.25. The van der Waals surface area contributed by atoms with E-state index in [1.54, 1.807) is 6.07 Å². The zero-order valence-corrected chi connectivity index (χ0v) is 11.9. The highest BCUT2D eigenvalue weighted by molar-refractivity contribution is 7.99. The monoisotopic (exact) mass is 293 g/mol. The zero-order chi connectivity index (χ0) is 12.5. The first-order chi connectivity index (χ1) is 8.25. The van der Waals surface area contributed by atoms with E-state index in [4.69, 9.17) is 28.3 Å². The van der Waals surface area contributed by atoms with Gasteiger partial charge in [-0.1, -0.05) is 35.3 Å². The molecule has 0 saturated carbocycles. The molecule has 2 nitrogen and oxygen atoms in total. The van der Waals surface area contributed by atoms with Gasteiger partial charge >= 0.3 is 0 Å². The fourth-order valence-electron chi connectivity index (χ4n) is 1.32. The predicted octanol–water partition coefficient (Wildman–Crippen LogP) is 3.20. The van der Waals surface area contributed by atoms with Crippen molar-refractivity contribution in [3.05, 3.63) is 33.8 Å². The number of aliphatic hydroxyl groups excluding tert-OH is 1. The first-order valence-electron chi connectivity index (χ1n) is 5.58. The summed E-state index contributed by atoms with van der Waals surface area (Å²) in [5.74, 6) is 2.05. The van der Waals surface area contributed by atoms with Crippen LogP contribution in [0.25, 0.3) is 0 Å². The van der Waals surface area contributed by atoms with Crippen molar-refractivity contribution >= 4 is 35.0 Å². The average Bonchev–Trinajstić information content (AvgIpc) is 2.33. The summed E-state index contributed by atoms with van der Waals surface area (Å²) in [7, 11) is 0. The SMILES string of the molecule is OCCCSCCNCc1cccc(Cl)c1Cl. The van der Waals surface area contributed by atoms with Crippen LogP contribution in [0.5, 0.6) is 0 Å². The molecule has 0 aliphatic rings. The van der Waals surface area contributed by atoms with Gasteiger partial charge in [-0.05, 0) is 23.8 Å². The molecule has 0 amide bonds. The van der Waals surface area contributed by atoms with E-state index < -0.39 is 0 Å². The maximum absolute atomic E-state index is 8.62. The molecule has 0 unspecified atom stereocenters. The number of halogens is 2. The molecule has 0 radical (unpaired) electrons. The van der Waals surface area contributed by atoms with Gasteiger partial charge in [-0.15, -0.1) is 0 Å². The van der Waals surface area contributed by atoms with Crippen LogP contribution in [-0.2, 0) is 6.54 Å². The number of aliphatic hydroxyl groups is 1. The van der Waals surface area contributed by atoms with Gasteiger partial charge in [-0.2, -0.15) is 11.8 Å². The van der Waals surface area contributed by atoms with Crippen LogP contribution in [0.15, 0.2) is 18.2 Å². The van der Waals surface area contributed by atoms with E-state index in [1.165, 1.54) is 0 Å². The fourth-order valence-corrected chi connectivity index (χ4v) is 2.53. The van der Waals surface area contributed by atoms with Crippen molar-refractivity contribution in [3.63, 3.8) is 0 Å². The maximum atomic E-state index is 8.62. The number of rotatable bonds is 8. The molecule has 0 aromatic heterocycles. The van der Waals surface area contributed by atoms with Crippen LogP contribution in [0.1, 0.15) is 12.0 Å². The summed E-state index contributed by atoms with van der Waals surface area (Å²) in [6.07, 6.45) is 0.866. The van der Waals surface area contributed by atoms with Crippen molar-refractivity contribution in [2.75, 3.05) is 24.7 Å². The summed E-state index contributed by atoms with van der Waals surface area (Å²) in [6.45, 7) is 1.94. The molecule has 0 aliphatic carbocycles. The molecule has 0 spiro atoms. The maximum Gasteiger partial charge on any atom is 0.0637 e. The number of hydrogen-bond acceptors (Lipinski definition) is 3. The normalized spacial score (nSPS) is 10.8. The quantitative estimate of drug-likeness (QED) is 0.722. The Kier molecular flexibility index (Phi) is 8.06. The lowest BCUT2D eigenvalue weighted by atomic mass is 10.2. The number of benzene rings is 1. The Morgan fingerprint density at radius 3 is 2.82 bits per heavy atom. The molecule has 0 saturated heterocycles. The Labute approximate surface area is 117 Å². The minimum atomic E-state index is 0.276. The van der Waals surface area contributed by atoms with Crippen LogP contribution in [0.3, 0.4) is 0 Å². The van der Waals surface area contributed by atoms with Gasteiger partial charge < -0.3 is 10.4 Å². The minimum Gasteiger partial charge on any atom is -0.396 e. The summed E-state index contributed by atoms with van der Waals surface area (Å²) in [5, 5.41) is 13.2. The van der Waals surface area contributed by atoms with Gasteiger partial charge in [0, 0.05) is 25.4 Å². The van der Waals surface area contributed by atoms with E-state index in [9.17, 15) is 0 Å².